The van der Waals surface area contributed by atoms with Crippen LogP contribution in [0.4, 0.5) is 5.69 Å². The number of para-hydroxylation sites is 1. The van der Waals surface area contributed by atoms with Crippen molar-refractivity contribution in [3.63, 3.8) is 0 Å². The van der Waals surface area contributed by atoms with Crippen molar-refractivity contribution in [3.05, 3.63) is 29.8 Å². The number of nitrogen functional groups attached to an aromatic ring is 1. The first-order valence-electron chi connectivity index (χ1n) is 6.30. The molecule has 0 unspecified atom stereocenters. The monoisotopic (exact) mass is 264 g/mol. The molecule has 0 aliphatic heterocycles. The van der Waals surface area contributed by atoms with E-state index in [2.05, 4.69) is 10.1 Å². The molecular formula is C14H20N2O3. The summed E-state index contributed by atoms with van der Waals surface area (Å²) in [7, 11) is 1.35. The molecule has 0 spiro atoms. The van der Waals surface area contributed by atoms with Crippen LogP contribution in [0.3, 0.4) is 0 Å². The third-order valence-electron chi connectivity index (χ3n) is 2.78. The molecule has 3 N–H and O–H groups in total. The van der Waals surface area contributed by atoms with E-state index >= 15 is 0 Å². The molecule has 5 heteroatoms. The third kappa shape index (κ3) is 5.90. The van der Waals surface area contributed by atoms with Crippen molar-refractivity contribution in [2.45, 2.75) is 25.7 Å². The zero-order valence-electron chi connectivity index (χ0n) is 11.1. The van der Waals surface area contributed by atoms with E-state index in [1.807, 2.05) is 24.3 Å². The van der Waals surface area contributed by atoms with Gasteiger partial charge in [0.1, 0.15) is 0 Å². The Labute approximate surface area is 113 Å². The number of anilines is 1. The molecule has 5 nitrogen and oxygen atoms in total. The van der Waals surface area contributed by atoms with Gasteiger partial charge in [0, 0.05) is 25.1 Å². The van der Waals surface area contributed by atoms with Crippen molar-refractivity contribution in [1.29, 1.82) is 0 Å². The predicted molar refractivity (Wildman–Crippen MR) is 73.4 cm³/mol. The molecule has 19 heavy (non-hydrogen) atoms. The molecule has 0 aliphatic rings. The molecule has 0 saturated heterocycles. The van der Waals surface area contributed by atoms with Crippen LogP contribution < -0.4 is 11.1 Å². The van der Waals surface area contributed by atoms with Crippen LogP contribution in [0.25, 0.3) is 0 Å². The first-order valence-corrected chi connectivity index (χ1v) is 6.30. The fourth-order valence-corrected chi connectivity index (χ4v) is 1.66. The largest absolute Gasteiger partial charge is 0.469 e. The number of benzene rings is 1. The van der Waals surface area contributed by atoms with Crippen LogP contribution in [0, 0.1) is 0 Å². The normalized spacial score (nSPS) is 9.95. The molecular weight excluding hydrogens is 244 g/mol. The number of hydrogen-bond donors (Lipinski definition) is 2. The van der Waals surface area contributed by atoms with Crippen LogP contribution in [-0.2, 0) is 20.7 Å². The van der Waals surface area contributed by atoms with Crippen molar-refractivity contribution in [3.8, 4) is 0 Å². The number of amides is 1. The van der Waals surface area contributed by atoms with E-state index in [-0.39, 0.29) is 11.9 Å². The van der Waals surface area contributed by atoms with Crippen LogP contribution >= 0.6 is 0 Å². The van der Waals surface area contributed by atoms with Gasteiger partial charge in [-0.2, -0.15) is 0 Å². The Kier molecular flexibility index (Phi) is 6.43. The molecule has 0 aromatic heterocycles. The summed E-state index contributed by atoms with van der Waals surface area (Å²) < 4.78 is 4.51. The average molecular weight is 264 g/mol. The Balaban J connectivity index is 2.18. The minimum atomic E-state index is -0.258. The first-order chi connectivity index (χ1) is 9.13. The van der Waals surface area contributed by atoms with E-state index in [9.17, 15) is 9.59 Å². The van der Waals surface area contributed by atoms with Crippen LogP contribution in [0.1, 0.15) is 24.8 Å². The predicted octanol–water partition coefficient (Wildman–Crippen LogP) is 1.27. The van der Waals surface area contributed by atoms with Gasteiger partial charge in [0.25, 0.3) is 0 Å². The number of aryl methyl sites for hydroxylation is 1. The fourth-order valence-electron chi connectivity index (χ4n) is 1.66. The van der Waals surface area contributed by atoms with Gasteiger partial charge in [-0.05, 0) is 24.5 Å². The maximum absolute atomic E-state index is 11.6. The number of hydrogen-bond acceptors (Lipinski definition) is 4. The Hall–Kier alpha value is -2.04. The van der Waals surface area contributed by atoms with Gasteiger partial charge < -0.3 is 15.8 Å². The molecule has 0 bridgehead atoms. The Morgan fingerprint density at radius 2 is 2.00 bits per heavy atom. The molecule has 1 rings (SSSR count). The molecule has 1 aromatic carbocycles. The Morgan fingerprint density at radius 3 is 2.68 bits per heavy atom. The number of nitrogens with one attached hydrogen (secondary N) is 1. The Morgan fingerprint density at radius 1 is 1.26 bits per heavy atom. The average Bonchev–Trinajstić information content (AvgIpc) is 2.42. The minimum Gasteiger partial charge on any atom is -0.469 e. The van der Waals surface area contributed by atoms with Gasteiger partial charge in [-0.3, -0.25) is 9.59 Å². The number of methoxy groups -OCH3 is 1. The second-order valence-corrected chi connectivity index (χ2v) is 4.23. The highest BCUT2D eigenvalue weighted by atomic mass is 16.5. The zero-order valence-corrected chi connectivity index (χ0v) is 11.1. The van der Waals surface area contributed by atoms with Crippen molar-refractivity contribution >= 4 is 17.6 Å². The zero-order chi connectivity index (χ0) is 14.1. The summed E-state index contributed by atoms with van der Waals surface area (Å²) in [5, 5.41) is 2.76. The van der Waals surface area contributed by atoms with Gasteiger partial charge in [-0.25, -0.2) is 0 Å². The van der Waals surface area contributed by atoms with Gasteiger partial charge in [0.2, 0.25) is 5.91 Å². The summed E-state index contributed by atoms with van der Waals surface area (Å²) >= 11 is 0. The van der Waals surface area contributed by atoms with Crippen LogP contribution in [-0.4, -0.2) is 25.5 Å². The lowest BCUT2D eigenvalue weighted by Gasteiger charge is -2.06. The first kappa shape index (κ1) is 15.0. The number of esters is 1. The fraction of sp³-hybridized carbons (Fsp3) is 0.429. The SMILES string of the molecule is COC(=O)CCCNC(=O)CCc1ccccc1N. The number of rotatable bonds is 7. The molecule has 0 aliphatic carbocycles. The standard InChI is InChI=1S/C14H20N2O3/c1-19-14(18)7-4-10-16-13(17)9-8-11-5-2-3-6-12(11)15/h2-3,5-6H,4,7-10,15H2,1H3,(H,16,17). The van der Waals surface area contributed by atoms with E-state index in [1.54, 1.807) is 0 Å². The molecule has 1 amide bonds. The highest BCUT2D eigenvalue weighted by Crippen LogP contribution is 2.12. The number of carbonyl (C=O) groups is 2. The second-order valence-electron chi connectivity index (χ2n) is 4.23. The van der Waals surface area contributed by atoms with Crippen LogP contribution in [0.15, 0.2) is 24.3 Å². The third-order valence-corrected chi connectivity index (χ3v) is 2.78. The van der Waals surface area contributed by atoms with Crippen molar-refractivity contribution < 1.29 is 14.3 Å². The number of ether oxygens (including phenoxy) is 1. The molecule has 0 saturated carbocycles. The lowest BCUT2D eigenvalue weighted by molar-refractivity contribution is -0.140. The van der Waals surface area contributed by atoms with Crippen molar-refractivity contribution in [2.75, 3.05) is 19.4 Å². The van der Waals surface area contributed by atoms with Gasteiger partial charge in [-0.15, -0.1) is 0 Å². The van der Waals surface area contributed by atoms with Crippen LogP contribution in [0.5, 0.6) is 0 Å². The number of nitrogens with two attached hydrogens (primary N) is 1. The van der Waals surface area contributed by atoms with Crippen LogP contribution in [0.2, 0.25) is 0 Å². The molecule has 0 radical (unpaired) electrons. The quantitative estimate of drug-likeness (QED) is 0.441. The van der Waals surface area contributed by atoms with Gasteiger partial charge in [0.15, 0.2) is 0 Å². The van der Waals surface area contributed by atoms with E-state index in [0.717, 1.165) is 5.56 Å². The van der Waals surface area contributed by atoms with E-state index in [0.29, 0.717) is 37.9 Å². The summed E-state index contributed by atoms with van der Waals surface area (Å²) in [5.74, 6) is -0.292. The molecule has 0 atom stereocenters. The summed E-state index contributed by atoms with van der Waals surface area (Å²) in [6.45, 7) is 0.484. The molecule has 1 aromatic rings. The topological polar surface area (TPSA) is 81.4 Å². The lowest BCUT2D eigenvalue weighted by atomic mass is 10.1. The maximum Gasteiger partial charge on any atom is 0.305 e. The van der Waals surface area contributed by atoms with Gasteiger partial charge in [0.05, 0.1) is 7.11 Å². The minimum absolute atomic E-state index is 0.0341. The lowest BCUT2D eigenvalue weighted by Crippen LogP contribution is -2.25. The highest BCUT2D eigenvalue weighted by molar-refractivity contribution is 5.76. The highest BCUT2D eigenvalue weighted by Gasteiger charge is 2.05. The molecule has 0 fully saturated rings. The molecule has 0 heterocycles. The van der Waals surface area contributed by atoms with E-state index in [4.69, 9.17) is 5.73 Å². The maximum atomic E-state index is 11.6. The second kappa shape index (κ2) is 8.13. The summed E-state index contributed by atoms with van der Waals surface area (Å²) in [4.78, 5) is 22.4. The summed E-state index contributed by atoms with van der Waals surface area (Å²) in [6.07, 6.45) is 1.93. The summed E-state index contributed by atoms with van der Waals surface area (Å²) in [6, 6.07) is 7.51. The van der Waals surface area contributed by atoms with Crippen molar-refractivity contribution in [1.82, 2.24) is 5.32 Å². The van der Waals surface area contributed by atoms with E-state index in [1.165, 1.54) is 7.11 Å². The van der Waals surface area contributed by atoms with Gasteiger partial charge in [-0.1, -0.05) is 18.2 Å². The molecule has 104 valence electrons. The van der Waals surface area contributed by atoms with E-state index < -0.39 is 0 Å². The smallest absolute Gasteiger partial charge is 0.305 e. The summed E-state index contributed by atoms with van der Waals surface area (Å²) in [5.41, 5.74) is 7.48. The van der Waals surface area contributed by atoms with Crippen molar-refractivity contribution in [2.24, 2.45) is 0 Å². The van der Waals surface area contributed by atoms with Gasteiger partial charge >= 0.3 is 5.97 Å². The number of carbonyl (C=O) groups excluding carboxylic acids is 2. The Bertz CT molecular complexity index is 432.